The lowest BCUT2D eigenvalue weighted by Crippen LogP contribution is -2.22. The summed E-state index contributed by atoms with van der Waals surface area (Å²) in [6, 6.07) is 1.60. The number of hydrogen-bond acceptors (Lipinski definition) is 3. The second-order valence-electron chi connectivity index (χ2n) is 6.24. The normalized spacial score (nSPS) is 17.4. The molecule has 1 atom stereocenters. The fourth-order valence-electron chi connectivity index (χ4n) is 3.21. The van der Waals surface area contributed by atoms with Gasteiger partial charge in [-0.15, -0.1) is 0 Å². The highest BCUT2D eigenvalue weighted by Crippen LogP contribution is 2.48. The van der Waals surface area contributed by atoms with Gasteiger partial charge in [-0.3, -0.25) is 0 Å². The van der Waals surface area contributed by atoms with E-state index in [4.69, 9.17) is 11.6 Å². The Morgan fingerprint density at radius 2 is 1.78 bits per heavy atom. The van der Waals surface area contributed by atoms with Gasteiger partial charge in [-0.1, -0.05) is 18.5 Å². The predicted octanol–water partition coefficient (Wildman–Crippen LogP) is 6.12. The van der Waals surface area contributed by atoms with Gasteiger partial charge in [0.2, 0.25) is 0 Å². The van der Waals surface area contributed by atoms with E-state index in [0.29, 0.717) is 18.1 Å². The summed E-state index contributed by atoms with van der Waals surface area (Å²) in [4.78, 5) is 9.52. The standard InChI is InChI=1S/C17H14ClF6N3/c1-3-9-7-27(15-13(9)14(18)25-8(2)26-15)12-5-4-10(16(19,20)21)6-11(12)17(22,23)24/h4-6,9H,3,7H2,1-2H3. The van der Waals surface area contributed by atoms with Crippen molar-refractivity contribution in [2.24, 2.45) is 0 Å². The number of benzene rings is 1. The summed E-state index contributed by atoms with van der Waals surface area (Å²) in [6.45, 7) is 3.50. The largest absolute Gasteiger partial charge is 0.418 e. The summed E-state index contributed by atoms with van der Waals surface area (Å²) in [6.07, 6.45) is -9.28. The van der Waals surface area contributed by atoms with Gasteiger partial charge in [0.15, 0.2) is 0 Å². The summed E-state index contributed by atoms with van der Waals surface area (Å²) in [5.41, 5.74) is -2.60. The molecule has 0 spiro atoms. The number of rotatable bonds is 2. The third-order valence-electron chi connectivity index (χ3n) is 4.47. The first-order valence-electron chi connectivity index (χ1n) is 8.03. The topological polar surface area (TPSA) is 29.0 Å². The van der Waals surface area contributed by atoms with Crippen LogP contribution in [0.1, 0.15) is 41.8 Å². The molecule has 2 aromatic rings. The van der Waals surface area contributed by atoms with Crippen LogP contribution in [0.4, 0.5) is 37.8 Å². The van der Waals surface area contributed by atoms with Gasteiger partial charge in [0.25, 0.3) is 0 Å². The van der Waals surface area contributed by atoms with Gasteiger partial charge in [0.1, 0.15) is 16.8 Å². The molecule has 1 aliphatic heterocycles. The molecule has 1 aromatic carbocycles. The molecule has 0 amide bonds. The van der Waals surface area contributed by atoms with Crippen LogP contribution in [0.3, 0.4) is 0 Å². The van der Waals surface area contributed by atoms with Crippen LogP contribution in [0.25, 0.3) is 0 Å². The lowest BCUT2D eigenvalue weighted by molar-refractivity contribution is -0.142. The van der Waals surface area contributed by atoms with Crippen molar-refractivity contribution >= 4 is 23.1 Å². The number of hydrogen-bond donors (Lipinski definition) is 0. The van der Waals surface area contributed by atoms with Gasteiger partial charge < -0.3 is 4.90 Å². The van der Waals surface area contributed by atoms with Crippen molar-refractivity contribution in [2.75, 3.05) is 11.4 Å². The highest BCUT2D eigenvalue weighted by molar-refractivity contribution is 6.30. The molecule has 27 heavy (non-hydrogen) atoms. The average molecular weight is 410 g/mol. The Labute approximate surface area is 156 Å². The second-order valence-corrected chi connectivity index (χ2v) is 6.60. The summed E-state index contributed by atoms with van der Waals surface area (Å²) in [5.74, 6) is 0.238. The van der Waals surface area contributed by atoms with Crippen LogP contribution in [0.2, 0.25) is 5.15 Å². The monoisotopic (exact) mass is 409 g/mol. The first-order valence-corrected chi connectivity index (χ1v) is 8.41. The van der Waals surface area contributed by atoms with Crippen molar-refractivity contribution in [3.05, 3.63) is 45.9 Å². The fraction of sp³-hybridized carbons (Fsp3) is 0.412. The third-order valence-corrected chi connectivity index (χ3v) is 4.76. The number of alkyl halides is 6. The van der Waals surface area contributed by atoms with E-state index in [1.54, 1.807) is 6.92 Å². The molecular formula is C17H14ClF6N3. The zero-order chi connectivity index (χ0) is 20.1. The Hall–Kier alpha value is -2.03. The van der Waals surface area contributed by atoms with Crippen molar-refractivity contribution in [2.45, 2.75) is 38.5 Å². The minimum atomic E-state index is -4.97. The van der Waals surface area contributed by atoms with E-state index in [-0.39, 0.29) is 41.0 Å². The highest BCUT2D eigenvalue weighted by atomic mass is 35.5. The maximum atomic E-state index is 13.5. The molecule has 2 heterocycles. The molecule has 1 aliphatic rings. The van der Waals surface area contributed by atoms with Crippen LogP contribution in [-0.4, -0.2) is 16.5 Å². The molecule has 0 saturated carbocycles. The maximum absolute atomic E-state index is 13.5. The summed E-state index contributed by atoms with van der Waals surface area (Å²) in [5, 5.41) is 0.146. The van der Waals surface area contributed by atoms with E-state index in [1.807, 2.05) is 6.92 Å². The van der Waals surface area contributed by atoms with E-state index in [0.717, 1.165) is 6.07 Å². The van der Waals surface area contributed by atoms with Gasteiger partial charge >= 0.3 is 12.4 Å². The van der Waals surface area contributed by atoms with Gasteiger partial charge in [-0.25, -0.2) is 9.97 Å². The van der Waals surface area contributed by atoms with Crippen LogP contribution >= 0.6 is 11.6 Å². The molecule has 0 saturated heterocycles. The molecule has 1 aromatic heterocycles. The zero-order valence-corrected chi connectivity index (χ0v) is 15.0. The third kappa shape index (κ3) is 3.56. The van der Waals surface area contributed by atoms with Gasteiger partial charge in [0.05, 0.1) is 16.8 Å². The Morgan fingerprint density at radius 1 is 1.11 bits per heavy atom. The van der Waals surface area contributed by atoms with Crippen molar-refractivity contribution in [3.8, 4) is 0 Å². The van der Waals surface area contributed by atoms with Crippen molar-refractivity contribution in [1.82, 2.24) is 9.97 Å². The molecule has 0 bridgehead atoms. The number of halogens is 7. The minimum absolute atomic E-state index is 0.123. The Balaban J connectivity index is 2.21. The Bertz CT molecular complexity index is 878. The van der Waals surface area contributed by atoms with E-state index >= 15 is 0 Å². The van der Waals surface area contributed by atoms with Gasteiger partial charge in [-0.2, -0.15) is 26.3 Å². The van der Waals surface area contributed by atoms with E-state index in [2.05, 4.69) is 9.97 Å². The van der Waals surface area contributed by atoms with Crippen LogP contribution in [0.5, 0.6) is 0 Å². The van der Waals surface area contributed by atoms with E-state index in [9.17, 15) is 26.3 Å². The Morgan fingerprint density at radius 3 is 2.33 bits per heavy atom. The fourth-order valence-corrected chi connectivity index (χ4v) is 3.57. The lowest BCUT2D eigenvalue weighted by Gasteiger charge is -2.24. The van der Waals surface area contributed by atoms with Crippen LogP contribution in [0.15, 0.2) is 18.2 Å². The molecule has 146 valence electrons. The first kappa shape index (κ1) is 19.7. The number of anilines is 2. The highest BCUT2D eigenvalue weighted by Gasteiger charge is 2.42. The molecule has 3 rings (SSSR count). The zero-order valence-electron chi connectivity index (χ0n) is 14.2. The molecule has 3 nitrogen and oxygen atoms in total. The van der Waals surface area contributed by atoms with Crippen molar-refractivity contribution in [1.29, 1.82) is 0 Å². The minimum Gasteiger partial charge on any atom is -0.325 e. The lowest BCUT2D eigenvalue weighted by atomic mass is 10.0. The average Bonchev–Trinajstić information content (AvgIpc) is 2.91. The van der Waals surface area contributed by atoms with E-state index < -0.39 is 23.5 Å². The van der Waals surface area contributed by atoms with Gasteiger partial charge in [-0.05, 0) is 31.5 Å². The SMILES string of the molecule is CCC1CN(c2ccc(C(F)(F)F)cc2C(F)(F)F)c2nc(C)nc(Cl)c21. The second kappa shape index (κ2) is 6.54. The Kier molecular flexibility index (Phi) is 4.78. The molecule has 0 fully saturated rings. The molecule has 0 aliphatic carbocycles. The quantitative estimate of drug-likeness (QED) is 0.442. The molecule has 0 N–H and O–H groups in total. The number of fused-ring (bicyclic) bond motifs is 1. The molecular weight excluding hydrogens is 396 g/mol. The number of nitrogens with zero attached hydrogens (tertiary/aromatic N) is 3. The van der Waals surface area contributed by atoms with Crippen molar-refractivity contribution < 1.29 is 26.3 Å². The summed E-state index contributed by atoms with van der Waals surface area (Å²) >= 11 is 6.17. The van der Waals surface area contributed by atoms with E-state index in [1.165, 1.54) is 4.90 Å². The van der Waals surface area contributed by atoms with Crippen LogP contribution in [0, 0.1) is 6.92 Å². The molecule has 0 radical (unpaired) electrons. The van der Waals surface area contributed by atoms with Crippen LogP contribution in [-0.2, 0) is 12.4 Å². The predicted molar refractivity (Wildman–Crippen MR) is 88.3 cm³/mol. The van der Waals surface area contributed by atoms with Crippen LogP contribution < -0.4 is 4.90 Å². The summed E-state index contributed by atoms with van der Waals surface area (Å²) in [7, 11) is 0. The first-order chi connectivity index (χ1) is 12.4. The molecule has 10 heteroatoms. The maximum Gasteiger partial charge on any atom is 0.418 e. The number of aryl methyl sites for hydroxylation is 1. The number of aromatic nitrogens is 2. The summed E-state index contributed by atoms with van der Waals surface area (Å²) < 4.78 is 79.3. The smallest absolute Gasteiger partial charge is 0.325 e. The van der Waals surface area contributed by atoms with Gasteiger partial charge in [0, 0.05) is 18.0 Å². The molecule has 1 unspecified atom stereocenters. The van der Waals surface area contributed by atoms with Crippen molar-refractivity contribution in [3.63, 3.8) is 0 Å².